The van der Waals surface area contributed by atoms with Gasteiger partial charge in [-0.1, -0.05) is 18.2 Å². The molecular weight excluding hydrogens is 396 g/mol. The van der Waals surface area contributed by atoms with Crippen molar-refractivity contribution in [3.05, 3.63) is 41.6 Å². The van der Waals surface area contributed by atoms with Gasteiger partial charge in [-0.3, -0.25) is 14.5 Å². The average Bonchev–Trinajstić information content (AvgIpc) is 2.68. The van der Waals surface area contributed by atoms with Gasteiger partial charge in [0.25, 0.3) is 11.8 Å². The second-order valence-corrected chi connectivity index (χ2v) is 8.77. The number of fused-ring (bicyclic) bond motifs is 1. The summed E-state index contributed by atoms with van der Waals surface area (Å²) < 4.78 is 10.8. The second-order valence-electron chi connectivity index (χ2n) is 7.67. The highest BCUT2D eigenvalue weighted by Gasteiger charge is 2.54. The lowest BCUT2D eigenvalue weighted by Crippen LogP contribution is -2.71. The SMILES string of the molecule is CC(C)(C)OC(=O)C1=C(CO)CS[C@H]2[C@@H](NC(=O)COc3ccccc3)C(=O)N12. The number of ether oxygens (including phenoxy) is 2. The van der Waals surface area contributed by atoms with Crippen molar-refractivity contribution in [2.45, 2.75) is 37.8 Å². The molecule has 1 saturated heterocycles. The molecule has 156 valence electrons. The van der Waals surface area contributed by atoms with Crippen LogP contribution in [0.15, 0.2) is 41.6 Å². The number of nitrogens with zero attached hydrogens (tertiary/aromatic N) is 1. The molecule has 0 unspecified atom stereocenters. The number of hydrogen-bond donors (Lipinski definition) is 2. The van der Waals surface area contributed by atoms with Crippen molar-refractivity contribution in [3.8, 4) is 5.75 Å². The quantitative estimate of drug-likeness (QED) is 0.524. The third kappa shape index (κ3) is 4.73. The van der Waals surface area contributed by atoms with Crippen LogP contribution in [0.3, 0.4) is 0 Å². The van der Waals surface area contributed by atoms with E-state index in [0.29, 0.717) is 17.1 Å². The van der Waals surface area contributed by atoms with Crippen molar-refractivity contribution in [2.75, 3.05) is 19.0 Å². The summed E-state index contributed by atoms with van der Waals surface area (Å²) in [6, 6.07) is 8.13. The van der Waals surface area contributed by atoms with E-state index in [1.165, 1.54) is 16.7 Å². The van der Waals surface area contributed by atoms with Gasteiger partial charge >= 0.3 is 5.97 Å². The molecular formula is C20H24N2O6S. The summed E-state index contributed by atoms with van der Waals surface area (Å²) in [4.78, 5) is 38.8. The third-order valence-corrected chi connectivity index (χ3v) is 5.60. The molecule has 0 saturated carbocycles. The molecule has 2 amide bonds. The summed E-state index contributed by atoms with van der Waals surface area (Å²) in [6.07, 6.45) is 0. The van der Waals surface area contributed by atoms with Gasteiger partial charge in [0.1, 0.15) is 28.5 Å². The van der Waals surface area contributed by atoms with E-state index in [1.807, 2.05) is 6.07 Å². The van der Waals surface area contributed by atoms with E-state index < -0.39 is 34.8 Å². The number of esters is 1. The predicted molar refractivity (Wildman–Crippen MR) is 107 cm³/mol. The topological polar surface area (TPSA) is 105 Å². The molecule has 0 spiro atoms. The Labute approximate surface area is 173 Å². The number of hydrogen-bond acceptors (Lipinski definition) is 7. The molecule has 3 rings (SSSR count). The van der Waals surface area contributed by atoms with Crippen LogP contribution in [0, 0.1) is 0 Å². The molecule has 0 radical (unpaired) electrons. The maximum absolute atomic E-state index is 12.7. The van der Waals surface area contributed by atoms with E-state index in [4.69, 9.17) is 9.47 Å². The van der Waals surface area contributed by atoms with Crippen LogP contribution in [0.4, 0.5) is 0 Å². The van der Waals surface area contributed by atoms with Crippen molar-refractivity contribution < 1.29 is 29.0 Å². The first-order valence-corrected chi connectivity index (χ1v) is 10.2. The highest BCUT2D eigenvalue weighted by Crippen LogP contribution is 2.40. The Kier molecular flexibility index (Phi) is 6.18. The van der Waals surface area contributed by atoms with Crippen LogP contribution in [0.5, 0.6) is 5.75 Å². The van der Waals surface area contributed by atoms with E-state index in [9.17, 15) is 19.5 Å². The second kappa shape index (κ2) is 8.46. The Bertz CT molecular complexity index is 833. The summed E-state index contributed by atoms with van der Waals surface area (Å²) in [6.45, 7) is 4.62. The summed E-state index contributed by atoms with van der Waals surface area (Å²) >= 11 is 1.38. The van der Waals surface area contributed by atoms with Crippen LogP contribution in [0.2, 0.25) is 0 Å². The van der Waals surface area contributed by atoms with Crippen LogP contribution < -0.4 is 10.1 Å². The van der Waals surface area contributed by atoms with E-state index in [-0.39, 0.29) is 18.9 Å². The number of aliphatic hydroxyl groups is 1. The monoisotopic (exact) mass is 420 g/mol. The van der Waals surface area contributed by atoms with Crippen molar-refractivity contribution in [1.29, 1.82) is 0 Å². The molecule has 0 bridgehead atoms. The zero-order valence-corrected chi connectivity index (χ0v) is 17.3. The number of carbonyl (C=O) groups is 3. The standard InChI is InChI=1S/C20H24N2O6S/c1-20(2,3)28-19(26)16-12(9-23)11-29-18-15(17(25)22(16)18)21-14(24)10-27-13-7-5-4-6-8-13/h4-8,15,18,23H,9-11H2,1-3H3,(H,21,24)/t15-,18-/m0/s1. The smallest absolute Gasteiger partial charge is 0.355 e. The fraction of sp³-hybridized carbons (Fsp3) is 0.450. The molecule has 2 aliphatic rings. The van der Waals surface area contributed by atoms with Crippen LogP contribution in [-0.4, -0.2) is 63.8 Å². The van der Waals surface area contributed by atoms with Gasteiger partial charge in [0.05, 0.1) is 6.61 Å². The molecule has 9 heteroatoms. The van der Waals surface area contributed by atoms with Crippen molar-refractivity contribution in [1.82, 2.24) is 10.2 Å². The molecule has 2 heterocycles. The van der Waals surface area contributed by atoms with Crippen LogP contribution >= 0.6 is 11.8 Å². The van der Waals surface area contributed by atoms with E-state index in [2.05, 4.69) is 5.32 Å². The van der Waals surface area contributed by atoms with Crippen molar-refractivity contribution in [3.63, 3.8) is 0 Å². The van der Waals surface area contributed by atoms with Crippen LogP contribution in [-0.2, 0) is 19.1 Å². The highest BCUT2D eigenvalue weighted by molar-refractivity contribution is 8.00. The van der Waals surface area contributed by atoms with E-state index in [1.54, 1.807) is 45.0 Å². The number of amides is 2. The first-order chi connectivity index (χ1) is 13.7. The van der Waals surface area contributed by atoms with Gasteiger partial charge < -0.3 is 19.9 Å². The maximum Gasteiger partial charge on any atom is 0.355 e. The number of aliphatic hydroxyl groups excluding tert-OH is 1. The van der Waals surface area contributed by atoms with Gasteiger partial charge in [0.15, 0.2) is 6.61 Å². The molecule has 8 nitrogen and oxygen atoms in total. The number of β-lactam (4-membered cyclic amide) rings is 1. The average molecular weight is 420 g/mol. The lowest BCUT2D eigenvalue weighted by Gasteiger charge is -2.49. The van der Waals surface area contributed by atoms with Gasteiger partial charge in [0, 0.05) is 5.75 Å². The lowest BCUT2D eigenvalue weighted by atomic mass is 10.0. The molecule has 1 aromatic rings. The fourth-order valence-corrected chi connectivity index (χ4v) is 4.34. The number of rotatable bonds is 6. The Morgan fingerprint density at radius 1 is 1.28 bits per heavy atom. The summed E-state index contributed by atoms with van der Waals surface area (Å²) in [5.41, 5.74) is -0.227. The third-order valence-electron chi connectivity index (χ3n) is 4.26. The number of carbonyl (C=O) groups excluding carboxylic acids is 3. The number of para-hydroxylation sites is 1. The number of thioether (sulfide) groups is 1. The molecule has 0 aliphatic carbocycles. The Hall–Kier alpha value is -2.52. The summed E-state index contributed by atoms with van der Waals surface area (Å²) in [5.74, 6) is -0.575. The number of nitrogens with one attached hydrogen (secondary N) is 1. The lowest BCUT2D eigenvalue weighted by molar-refractivity contribution is -0.159. The molecule has 2 atom stereocenters. The van der Waals surface area contributed by atoms with Gasteiger partial charge in [-0.2, -0.15) is 0 Å². The van der Waals surface area contributed by atoms with Gasteiger partial charge in [-0.15, -0.1) is 11.8 Å². The first kappa shape index (κ1) is 21.2. The van der Waals surface area contributed by atoms with Gasteiger partial charge in [-0.25, -0.2) is 4.79 Å². The Morgan fingerprint density at radius 3 is 2.59 bits per heavy atom. The zero-order chi connectivity index (χ0) is 21.2. The molecule has 1 aromatic carbocycles. The molecule has 29 heavy (non-hydrogen) atoms. The summed E-state index contributed by atoms with van der Waals surface area (Å²) in [7, 11) is 0. The predicted octanol–water partition coefficient (Wildman–Crippen LogP) is 1.05. The fourth-order valence-electron chi connectivity index (χ4n) is 3.00. The van der Waals surface area contributed by atoms with E-state index >= 15 is 0 Å². The van der Waals surface area contributed by atoms with Gasteiger partial charge in [-0.05, 0) is 38.5 Å². The first-order valence-electron chi connectivity index (χ1n) is 9.19. The number of benzene rings is 1. The minimum Gasteiger partial charge on any atom is -0.484 e. The van der Waals surface area contributed by atoms with E-state index in [0.717, 1.165) is 0 Å². The van der Waals surface area contributed by atoms with Crippen molar-refractivity contribution >= 4 is 29.5 Å². The Morgan fingerprint density at radius 2 is 1.97 bits per heavy atom. The molecule has 2 aliphatic heterocycles. The van der Waals surface area contributed by atoms with Gasteiger partial charge in [0.2, 0.25) is 0 Å². The van der Waals surface area contributed by atoms with Crippen molar-refractivity contribution in [2.24, 2.45) is 0 Å². The molecule has 1 fully saturated rings. The highest BCUT2D eigenvalue weighted by atomic mass is 32.2. The van der Waals surface area contributed by atoms with Crippen LogP contribution in [0.1, 0.15) is 20.8 Å². The minimum atomic E-state index is -0.760. The summed E-state index contributed by atoms with van der Waals surface area (Å²) in [5, 5.41) is 11.8. The largest absolute Gasteiger partial charge is 0.484 e. The minimum absolute atomic E-state index is 0.0715. The Balaban J connectivity index is 1.65. The molecule has 2 N–H and O–H groups in total. The van der Waals surface area contributed by atoms with Crippen LogP contribution in [0.25, 0.3) is 0 Å². The maximum atomic E-state index is 12.7. The normalized spacial score (nSPS) is 21.2. The molecule has 0 aromatic heterocycles. The zero-order valence-electron chi connectivity index (χ0n) is 16.5.